The molecule has 0 radical (unpaired) electrons. The first-order chi connectivity index (χ1) is 29.5. The third-order valence-electron chi connectivity index (χ3n) is 11.9. The maximum atomic E-state index is 11.5. The molecule has 2 aliphatic rings. The van der Waals surface area contributed by atoms with E-state index in [0.29, 0.717) is 0 Å². The van der Waals surface area contributed by atoms with Crippen LogP contribution in [0, 0.1) is 10.1 Å². The van der Waals surface area contributed by atoms with E-state index in [9.17, 15) is 10.1 Å². The second-order valence-electron chi connectivity index (χ2n) is 21.0. The van der Waals surface area contributed by atoms with E-state index in [1.165, 1.54) is 34.4 Å². The van der Waals surface area contributed by atoms with Gasteiger partial charge in [0.15, 0.2) is 0 Å². The fourth-order valence-electron chi connectivity index (χ4n) is 7.97. The summed E-state index contributed by atoms with van der Waals surface area (Å²) in [5.41, 5.74) is 16.6. The predicted octanol–water partition coefficient (Wildman–Crippen LogP) is 14.5. The van der Waals surface area contributed by atoms with Crippen LogP contribution >= 0.6 is 0 Å². The van der Waals surface area contributed by atoms with Crippen molar-refractivity contribution in [2.75, 3.05) is 0 Å². The van der Waals surface area contributed by atoms with E-state index in [-0.39, 0.29) is 51.7 Å². The zero-order chi connectivity index (χ0) is 45.2. The standard InChI is InChI=1S/C56H57N5O2.Zn/c1-53(2,3)37-27-35(28-38(31-37)54(4,5)6)51-47-21-16-41(57-47)33-42-17-22-48(58-42)52(36-29-39(55(7,8)9)32-40(30-36)56(10,11)12)50-26-24-46(60-50)44(45-23-25-49(51)59-45)20-15-34-13-18-43(19-14-34)61(62)63;/h13-33H,1-12H3;/q-2;+2/b20-15+,41-33?,42-33?,45-44?,46-44?,51-47?,51-49?,52-48?,52-50?;. The van der Waals surface area contributed by atoms with Crippen LogP contribution in [0.15, 0.2) is 91.0 Å². The fourth-order valence-corrected chi connectivity index (χ4v) is 7.97. The van der Waals surface area contributed by atoms with Gasteiger partial charge >= 0.3 is 19.5 Å². The number of nitro groups is 1. The summed E-state index contributed by atoms with van der Waals surface area (Å²) in [6, 6.07) is 30.8. The van der Waals surface area contributed by atoms with Gasteiger partial charge in [-0.15, -0.1) is 22.1 Å². The quantitative estimate of drug-likeness (QED) is 0.0970. The number of hydrogen-bond acceptors (Lipinski definition) is 4. The Morgan fingerprint density at radius 2 is 0.953 bits per heavy atom. The normalized spacial score (nSPS) is 13.1. The molecule has 0 unspecified atom stereocenters. The zero-order valence-corrected chi connectivity index (χ0v) is 42.4. The van der Waals surface area contributed by atoms with E-state index in [4.69, 9.17) is 19.9 Å². The minimum atomic E-state index is -0.381. The van der Waals surface area contributed by atoms with E-state index in [1.807, 2.05) is 12.2 Å². The van der Waals surface area contributed by atoms with Crippen molar-refractivity contribution in [1.82, 2.24) is 19.9 Å². The van der Waals surface area contributed by atoms with Gasteiger partial charge in [-0.1, -0.05) is 162 Å². The van der Waals surface area contributed by atoms with Crippen molar-refractivity contribution >= 4 is 64.2 Å². The topological polar surface area (TPSA) is 97.1 Å². The monoisotopic (exact) mass is 895 g/mol. The maximum absolute atomic E-state index is 11.5. The van der Waals surface area contributed by atoms with E-state index in [2.05, 4.69) is 174 Å². The molecule has 0 saturated heterocycles. The number of hydrogen-bond donors (Lipinski definition) is 0. The number of fused-ring (bicyclic) bond motifs is 8. The Morgan fingerprint density at radius 1 is 0.500 bits per heavy atom. The largest absolute Gasteiger partial charge is 2.00 e. The van der Waals surface area contributed by atoms with Crippen LogP contribution in [0.3, 0.4) is 0 Å². The Labute approximate surface area is 390 Å². The van der Waals surface area contributed by atoms with Crippen LogP contribution in [0.2, 0.25) is 0 Å². The van der Waals surface area contributed by atoms with Gasteiger partial charge in [-0.2, -0.15) is 0 Å². The van der Waals surface area contributed by atoms with E-state index in [1.54, 1.807) is 12.1 Å². The maximum Gasteiger partial charge on any atom is 2.00 e. The van der Waals surface area contributed by atoms with E-state index in [0.717, 1.165) is 78.2 Å². The number of nitro benzene ring substituents is 1. The van der Waals surface area contributed by atoms with Crippen molar-refractivity contribution < 1.29 is 24.4 Å². The Hall–Kier alpha value is -5.98. The van der Waals surface area contributed by atoms with Gasteiger partial charge in [-0.25, -0.2) is 9.97 Å². The third-order valence-corrected chi connectivity index (χ3v) is 11.9. The molecule has 5 heterocycles. The third kappa shape index (κ3) is 9.59. The molecule has 3 aromatic carbocycles. The molecule has 3 aromatic heterocycles. The van der Waals surface area contributed by atoms with Crippen molar-refractivity contribution in [2.24, 2.45) is 0 Å². The summed E-state index contributed by atoms with van der Waals surface area (Å²) in [4.78, 5) is 32.5. The van der Waals surface area contributed by atoms with Gasteiger partial charge in [-0.3, -0.25) is 10.1 Å². The van der Waals surface area contributed by atoms with Gasteiger partial charge in [0.2, 0.25) is 0 Å². The number of rotatable bonds is 5. The molecule has 8 heteroatoms. The summed E-state index contributed by atoms with van der Waals surface area (Å²) in [5, 5.41) is 11.5. The summed E-state index contributed by atoms with van der Waals surface area (Å²) >= 11 is 0. The molecule has 320 valence electrons. The fraction of sp³-hybridized carbons (Fsp3) is 0.286. The van der Waals surface area contributed by atoms with Crippen LogP contribution in [0.5, 0.6) is 0 Å². The van der Waals surface area contributed by atoms with Crippen molar-refractivity contribution in [3.63, 3.8) is 0 Å². The second kappa shape index (κ2) is 16.9. The van der Waals surface area contributed by atoms with Gasteiger partial charge in [0, 0.05) is 12.1 Å². The van der Waals surface area contributed by atoms with Crippen molar-refractivity contribution in [1.29, 1.82) is 0 Å². The first-order valence-electron chi connectivity index (χ1n) is 21.8. The van der Waals surface area contributed by atoms with Gasteiger partial charge in [0.25, 0.3) is 5.69 Å². The summed E-state index contributed by atoms with van der Waals surface area (Å²) < 4.78 is 0. The Kier molecular flexibility index (Phi) is 12.1. The number of aromatic nitrogens is 4. The smallest absolute Gasteiger partial charge is 0.657 e. The molecule has 0 fully saturated rings. The summed E-state index contributed by atoms with van der Waals surface area (Å²) in [5.74, 6) is 0. The zero-order valence-electron chi connectivity index (χ0n) is 39.4. The van der Waals surface area contributed by atoms with Crippen LogP contribution in [-0.2, 0) is 41.1 Å². The van der Waals surface area contributed by atoms with Gasteiger partial charge in [0.05, 0.1) is 27.7 Å². The second-order valence-corrected chi connectivity index (χ2v) is 21.0. The molecule has 0 N–H and O–H groups in total. The van der Waals surface area contributed by atoms with Crippen molar-refractivity contribution in [2.45, 2.75) is 105 Å². The molecule has 0 saturated carbocycles. The Balaban J connectivity index is 0.00000612. The molecule has 64 heavy (non-hydrogen) atoms. The van der Waals surface area contributed by atoms with Crippen LogP contribution in [0.4, 0.5) is 5.69 Å². The SMILES string of the molecule is CC(C)(C)c1cc(-c2c3nc(c(/C=C/c4ccc([N+](=O)[O-])cc4)c4ccc([n-]4)c(-c4cc(C(C)(C)C)cc(C(C)(C)C)c4)c4nc(cc5ccc2[n-]5)C=C4)C=C3)cc(C(C)(C)C)c1.[Zn+2]. The van der Waals surface area contributed by atoms with Crippen LogP contribution in [0.1, 0.15) is 139 Å². The molecular formula is C56H57N5O2Zn. The molecule has 7 nitrogen and oxygen atoms in total. The van der Waals surface area contributed by atoms with Crippen LogP contribution in [-0.4, -0.2) is 14.9 Å². The minimum absolute atomic E-state index is 0. The van der Waals surface area contributed by atoms with Crippen LogP contribution in [0.25, 0.3) is 80.8 Å². The molecule has 0 atom stereocenters. The molecule has 8 rings (SSSR count). The van der Waals surface area contributed by atoms with Crippen molar-refractivity contribution in [3.05, 3.63) is 157 Å². The molecule has 0 aliphatic carbocycles. The molecule has 8 bridgehead atoms. The van der Waals surface area contributed by atoms with Crippen molar-refractivity contribution in [3.8, 4) is 22.3 Å². The number of nitrogens with zero attached hydrogens (tertiary/aromatic N) is 5. The Bertz CT molecular complexity index is 2920. The summed E-state index contributed by atoms with van der Waals surface area (Å²) in [7, 11) is 0. The molecule has 0 amide bonds. The first kappa shape index (κ1) is 46.0. The van der Waals surface area contributed by atoms with E-state index >= 15 is 0 Å². The number of non-ortho nitro benzene ring substituents is 1. The van der Waals surface area contributed by atoms with Gasteiger partial charge in [0.1, 0.15) is 0 Å². The average molecular weight is 897 g/mol. The molecule has 6 aromatic rings. The molecular weight excluding hydrogens is 840 g/mol. The Morgan fingerprint density at radius 3 is 1.47 bits per heavy atom. The molecule has 0 spiro atoms. The van der Waals surface area contributed by atoms with Crippen LogP contribution < -0.4 is 9.97 Å². The van der Waals surface area contributed by atoms with Gasteiger partial charge < -0.3 is 9.97 Å². The minimum Gasteiger partial charge on any atom is -0.657 e. The first-order valence-corrected chi connectivity index (χ1v) is 21.8. The molecule has 2 aliphatic heterocycles. The average Bonchev–Trinajstić information content (AvgIpc) is 4.04. The summed E-state index contributed by atoms with van der Waals surface area (Å²) in [6.07, 6.45) is 12.3. The van der Waals surface area contributed by atoms with E-state index < -0.39 is 0 Å². The number of benzene rings is 3. The van der Waals surface area contributed by atoms with Gasteiger partial charge in [-0.05, 0) is 114 Å². The summed E-state index contributed by atoms with van der Waals surface area (Å²) in [6.45, 7) is 27.0. The predicted molar refractivity (Wildman–Crippen MR) is 264 cm³/mol.